The lowest BCUT2D eigenvalue weighted by Crippen LogP contribution is -2.48. The molecule has 4 aromatic rings. The van der Waals surface area contributed by atoms with Gasteiger partial charge in [-0.25, -0.2) is 9.97 Å². The van der Waals surface area contributed by atoms with Gasteiger partial charge in [0.15, 0.2) is 0 Å². The maximum atomic E-state index is 11.1. The second-order valence-corrected chi connectivity index (χ2v) is 9.75. The summed E-state index contributed by atoms with van der Waals surface area (Å²) >= 11 is 0. The molecule has 9 nitrogen and oxygen atoms in total. The zero-order valence-electron chi connectivity index (χ0n) is 20.6. The third kappa shape index (κ3) is 5.45. The number of anilines is 1. The predicted molar refractivity (Wildman–Crippen MR) is 142 cm³/mol. The Bertz CT molecular complexity index is 1310. The molecule has 0 amide bonds. The Balaban J connectivity index is 1.37. The minimum atomic E-state index is -0.881. The highest BCUT2D eigenvalue weighted by Gasteiger charge is 2.35. The van der Waals surface area contributed by atoms with Gasteiger partial charge >= 0.3 is 0 Å². The van der Waals surface area contributed by atoms with Crippen molar-refractivity contribution in [3.05, 3.63) is 67.1 Å². The van der Waals surface area contributed by atoms with Crippen LogP contribution in [0.3, 0.4) is 0 Å². The summed E-state index contributed by atoms with van der Waals surface area (Å²) in [6.45, 7) is -0.0165. The third-order valence-corrected chi connectivity index (χ3v) is 7.22. The molecule has 0 bridgehead atoms. The zero-order chi connectivity index (χ0) is 25.8. The van der Waals surface area contributed by atoms with Gasteiger partial charge in [-0.05, 0) is 55.5 Å². The molecule has 1 fully saturated rings. The summed E-state index contributed by atoms with van der Waals surface area (Å²) in [5.74, 6) is 1.95. The van der Waals surface area contributed by atoms with E-state index in [1.807, 2.05) is 54.6 Å². The predicted octanol–water partition coefficient (Wildman–Crippen LogP) is 3.26. The van der Waals surface area contributed by atoms with Crippen LogP contribution in [0.5, 0.6) is 11.5 Å². The molecule has 194 valence electrons. The van der Waals surface area contributed by atoms with Gasteiger partial charge in [-0.2, -0.15) is 0 Å². The van der Waals surface area contributed by atoms with Gasteiger partial charge in [0.05, 0.1) is 30.2 Å². The first kappa shape index (κ1) is 25.2. The van der Waals surface area contributed by atoms with E-state index in [4.69, 9.17) is 10.5 Å². The van der Waals surface area contributed by atoms with E-state index < -0.39 is 11.6 Å². The first-order valence-corrected chi connectivity index (χ1v) is 12.6. The summed E-state index contributed by atoms with van der Waals surface area (Å²) < 4.78 is 8.10. The Morgan fingerprint density at radius 2 is 1.68 bits per heavy atom. The molecule has 0 unspecified atom stereocenters. The first-order valence-electron chi connectivity index (χ1n) is 12.6. The zero-order valence-corrected chi connectivity index (χ0v) is 20.6. The summed E-state index contributed by atoms with van der Waals surface area (Å²) in [6.07, 6.45) is 6.28. The minimum absolute atomic E-state index is 0.151. The average molecular weight is 504 g/mol. The van der Waals surface area contributed by atoms with Crippen LogP contribution in [0.4, 0.5) is 5.82 Å². The Kier molecular flexibility index (Phi) is 7.38. The molecule has 9 heteroatoms. The number of nitrogens with one attached hydrogen (secondary N) is 1. The topological polar surface area (TPSA) is 139 Å². The van der Waals surface area contributed by atoms with Crippen molar-refractivity contribution in [3.8, 4) is 22.6 Å². The molecule has 2 aromatic heterocycles. The molecule has 0 radical (unpaired) electrons. The molecule has 6 N–H and O–H groups in total. The highest BCUT2D eigenvalue weighted by Crippen LogP contribution is 2.40. The molecule has 37 heavy (non-hydrogen) atoms. The number of benzene rings is 2. The number of fused-ring (bicyclic) bond motifs is 1. The lowest BCUT2D eigenvalue weighted by molar-refractivity contribution is -0.0112. The number of ether oxygens (including phenoxy) is 1. The van der Waals surface area contributed by atoms with Crippen LogP contribution in [-0.2, 0) is 0 Å². The number of rotatable bonds is 9. The molecule has 5 rings (SSSR count). The van der Waals surface area contributed by atoms with Gasteiger partial charge in [0.2, 0.25) is 0 Å². The minimum Gasteiger partial charge on any atom is -0.457 e. The highest BCUT2D eigenvalue weighted by atomic mass is 16.5. The number of nitrogen functional groups attached to an aromatic ring is 1. The lowest BCUT2D eigenvalue weighted by atomic mass is 9.82. The van der Waals surface area contributed by atoms with Gasteiger partial charge in [0.1, 0.15) is 29.3 Å². The van der Waals surface area contributed by atoms with Crippen LogP contribution in [0, 0.1) is 0 Å². The van der Waals surface area contributed by atoms with Gasteiger partial charge in [0, 0.05) is 24.3 Å². The number of nitrogens with zero attached hydrogens (tertiary/aromatic N) is 3. The van der Waals surface area contributed by atoms with E-state index in [1.165, 1.54) is 6.33 Å². The molecule has 1 aliphatic rings. The maximum absolute atomic E-state index is 11.1. The SMILES string of the molecule is Nc1ncnc2c1c(-c1ccc(Oc3ccccc3)cc1)cn2C1CCC(O)(CNC(CO)CO)CC1. The van der Waals surface area contributed by atoms with Crippen LogP contribution < -0.4 is 15.8 Å². The number of hydrogen-bond donors (Lipinski definition) is 5. The molecule has 2 heterocycles. The van der Waals surface area contributed by atoms with Crippen molar-refractivity contribution in [2.24, 2.45) is 0 Å². The Labute approximate surface area is 215 Å². The van der Waals surface area contributed by atoms with Gasteiger partial charge in [-0.3, -0.25) is 0 Å². The number of aromatic nitrogens is 3. The maximum Gasteiger partial charge on any atom is 0.146 e. The van der Waals surface area contributed by atoms with Crippen LogP contribution in [0.2, 0.25) is 0 Å². The number of para-hydroxylation sites is 1. The molecule has 0 aliphatic heterocycles. The summed E-state index contributed by atoms with van der Waals surface area (Å²) in [6, 6.07) is 17.3. The van der Waals surface area contributed by atoms with Crippen LogP contribution in [0.15, 0.2) is 67.1 Å². The second kappa shape index (κ2) is 10.9. The van der Waals surface area contributed by atoms with E-state index in [1.54, 1.807) is 0 Å². The Morgan fingerprint density at radius 1 is 1.00 bits per heavy atom. The fourth-order valence-electron chi connectivity index (χ4n) is 5.05. The number of aliphatic hydroxyl groups is 3. The summed E-state index contributed by atoms with van der Waals surface area (Å²) in [7, 11) is 0. The highest BCUT2D eigenvalue weighted by molar-refractivity contribution is 6.00. The van der Waals surface area contributed by atoms with E-state index >= 15 is 0 Å². The lowest BCUT2D eigenvalue weighted by Gasteiger charge is -2.37. The molecule has 0 spiro atoms. The van der Waals surface area contributed by atoms with Crippen LogP contribution in [0.25, 0.3) is 22.2 Å². The van der Waals surface area contributed by atoms with Crippen molar-refractivity contribution in [1.82, 2.24) is 19.9 Å². The van der Waals surface area contributed by atoms with Crippen molar-refractivity contribution < 1.29 is 20.1 Å². The second-order valence-electron chi connectivity index (χ2n) is 9.75. The molecule has 2 aromatic carbocycles. The van der Waals surface area contributed by atoms with E-state index in [-0.39, 0.29) is 19.3 Å². The molecule has 0 atom stereocenters. The van der Waals surface area contributed by atoms with Crippen molar-refractivity contribution in [3.63, 3.8) is 0 Å². The van der Waals surface area contributed by atoms with Gasteiger partial charge < -0.3 is 35.7 Å². The fraction of sp³-hybridized carbons (Fsp3) is 0.357. The van der Waals surface area contributed by atoms with Crippen molar-refractivity contribution in [2.45, 2.75) is 43.4 Å². The standard InChI is InChI=1S/C28H33N5O4/c29-26-25-24(19-6-8-23(9-7-19)37-22-4-2-1-3-5-22)14-33(27(25)32-18-31-26)21-10-12-28(36,13-11-21)17-30-20(15-34)16-35/h1-9,14,18,20-21,30,34-36H,10-13,15-17H2,(H2,29,31,32). The number of aliphatic hydroxyl groups excluding tert-OH is 2. The summed E-state index contributed by atoms with van der Waals surface area (Å²) in [5, 5.41) is 33.5. The van der Waals surface area contributed by atoms with E-state index in [9.17, 15) is 15.3 Å². The van der Waals surface area contributed by atoms with Crippen LogP contribution in [-0.4, -0.2) is 61.3 Å². The van der Waals surface area contributed by atoms with Gasteiger partial charge in [0.25, 0.3) is 0 Å². The summed E-state index contributed by atoms with van der Waals surface area (Å²) in [4.78, 5) is 8.82. The third-order valence-electron chi connectivity index (χ3n) is 7.22. The first-order chi connectivity index (χ1) is 18.0. The van der Waals surface area contributed by atoms with E-state index in [0.29, 0.717) is 25.2 Å². The van der Waals surface area contributed by atoms with Gasteiger partial charge in [-0.1, -0.05) is 30.3 Å². The number of hydrogen-bond acceptors (Lipinski definition) is 8. The monoisotopic (exact) mass is 503 g/mol. The Hall–Kier alpha value is -3.50. The molecular formula is C28H33N5O4. The van der Waals surface area contributed by atoms with Crippen molar-refractivity contribution in [1.29, 1.82) is 0 Å². The molecular weight excluding hydrogens is 470 g/mol. The van der Waals surface area contributed by atoms with Crippen LogP contribution in [0.1, 0.15) is 31.7 Å². The largest absolute Gasteiger partial charge is 0.457 e. The van der Waals surface area contributed by atoms with Crippen molar-refractivity contribution in [2.75, 3.05) is 25.5 Å². The van der Waals surface area contributed by atoms with Crippen LogP contribution >= 0.6 is 0 Å². The van der Waals surface area contributed by atoms with E-state index in [2.05, 4.69) is 26.0 Å². The molecule has 1 aliphatic carbocycles. The normalized spacial score (nSPS) is 19.9. The van der Waals surface area contributed by atoms with Gasteiger partial charge in [-0.15, -0.1) is 0 Å². The molecule has 0 saturated heterocycles. The van der Waals surface area contributed by atoms with E-state index in [0.717, 1.165) is 46.5 Å². The molecule has 1 saturated carbocycles. The smallest absolute Gasteiger partial charge is 0.146 e. The fourth-order valence-corrected chi connectivity index (χ4v) is 5.05. The summed E-state index contributed by atoms with van der Waals surface area (Å²) in [5.41, 5.74) is 8.17. The number of nitrogens with two attached hydrogens (primary N) is 1. The average Bonchev–Trinajstić information content (AvgIpc) is 3.32. The quantitative estimate of drug-likeness (QED) is 0.235. The van der Waals surface area contributed by atoms with Crippen molar-refractivity contribution >= 4 is 16.9 Å². The Morgan fingerprint density at radius 3 is 2.35 bits per heavy atom.